The van der Waals surface area contributed by atoms with Crippen molar-refractivity contribution in [2.45, 2.75) is 91.5 Å². The zero-order valence-electron chi connectivity index (χ0n) is 22.8. The summed E-state index contributed by atoms with van der Waals surface area (Å²) in [5.74, 6) is -0.284. The molecule has 198 valence electrons. The molecule has 0 saturated carbocycles. The molecule has 0 aliphatic rings. The highest BCUT2D eigenvalue weighted by molar-refractivity contribution is 6.30. The van der Waals surface area contributed by atoms with E-state index >= 15 is 0 Å². The SMILES string of the molecule is CCCCCCCCCCNC(=O)CN(C(=O)c1cccc(Nc2ccc(Cl)cc2C)c1)C(C)(C)C. The average Bonchev–Trinajstić information content (AvgIpc) is 2.82. The lowest BCUT2D eigenvalue weighted by Crippen LogP contribution is -2.50. The Morgan fingerprint density at radius 2 is 1.58 bits per heavy atom. The fraction of sp³-hybridized carbons (Fsp3) is 0.533. The minimum atomic E-state index is -0.497. The van der Waals surface area contributed by atoms with Gasteiger partial charge in [0.05, 0.1) is 0 Å². The first-order valence-corrected chi connectivity index (χ1v) is 13.7. The van der Waals surface area contributed by atoms with E-state index in [1.54, 1.807) is 11.0 Å². The number of anilines is 2. The number of aryl methyl sites for hydroxylation is 1. The van der Waals surface area contributed by atoms with Gasteiger partial charge in [-0.05, 0) is 76.1 Å². The van der Waals surface area contributed by atoms with E-state index in [-0.39, 0.29) is 18.4 Å². The molecule has 0 bridgehead atoms. The summed E-state index contributed by atoms with van der Waals surface area (Å²) < 4.78 is 0. The van der Waals surface area contributed by atoms with Gasteiger partial charge in [0, 0.05) is 34.0 Å². The summed E-state index contributed by atoms with van der Waals surface area (Å²) in [6, 6.07) is 13.0. The van der Waals surface area contributed by atoms with Crippen LogP contribution in [0.25, 0.3) is 0 Å². The molecular weight excluding hydrogens is 470 g/mol. The molecule has 0 aliphatic carbocycles. The zero-order valence-corrected chi connectivity index (χ0v) is 23.5. The van der Waals surface area contributed by atoms with Crippen LogP contribution < -0.4 is 10.6 Å². The van der Waals surface area contributed by atoms with E-state index in [2.05, 4.69) is 17.6 Å². The summed E-state index contributed by atoms with van der Waals surface area (Å²) in [7, 11) is 0. The Bertz CT molecular complexity index is 984. The maximum atomic E-state index is 13.5. The van der Waals surface area contributed by atoms with Crippen LogP contribution >= 0.6 is 11.6 Å². The van der Waals surface area contributed by atoms with Crippen LogP contribution in [0.4, 0.5) is 11.4 Å². The standard InChI is InChI=1S/C30H44ClN3O2/c1-6-7-8-9-10-11-12-13-19-32-28(35)22-34(30(3,4)5)29(36)24-15-14-16-26(21-24)33-27-18-17-25(31)20-23(27)2/h14-18,20-21,33H,6-13,19,22H2,1-5H3,(H,32,35). The van der Waals surface area contributed by atoms with E-state index in [9.17, 15) is 9.59 Å². The molecule has 0 heterocycles. The molecule has 2 aromatic rings. The van der Waals surface area contributed by atoms with Crippen LogP contribution in [-0.2, 0) is 4.79 Å². The van der Waals surface area contributed by atoms with Crippen LogP contribution in [0.2, 0.25) is 5.02 Å². The fourth-order valence-corrected chi connectivity index (χ4v) is 4.34. The van der Waals surface area contributed by atoms with Gasteiger partial charge in [0.15, 0.2) is 0 Å². The van der Waals surface area contributed by atoms with Crippen molar-refractivity contribution >= 4 is 34.8 Å². The van der Waals surface area contributed by atoms with E-state index in [1.165, 1.54) is 38.5 Å². The molecule has 2 amide bonds. The molecule has 5 nitrogen and oxygen atoms in total. The van der Waals surface area contributed by atoms with E-state index < -0.39 is 5.54 Å². The van der Waals surface area contributed by atoms with Gasteiger partial charge in [0.1, 0.15) is 6.54 Å². The number of hydrogen-bond acceptors (Lipinski definition) is 3. The predicted octanol–water partition coefficient (Wildman–Crippen LogP) is 7.89. The number of carbonyl (C=O) groups excluding carboxylic acids is 2. The summed E-state index contributed by atoms with van der Waals surface area (Å²) in [5.41, 5.74) is 2.79. The highest BCUT2D eigenvalue weighted by Crippen LogP contribution is 2.25. The molecule has 36 heavy (non-hydrogen) atoms. The van der Waals surface area contributed by atoms with Gasteiger partial charge in [-0.2, -0.15) is 0 Å². The van der Waals surface area contributed by atoms with Crippen molar-refractivity contribution in [2.24, 2.45) is 0 Å². The van der Waals surface area contributed by atoms with Gasteiger partial charge >= 0.3 is 0 Å². The van der Waals surface area contributed by atoms with E-state index in [1.807, 2.05) is 64.1 Å². The third-order valence-electron chi connectivity index (χ3n) is 6.29. The first-order chi connectivity index (χ1) is 17.1. The second-order valence-corrected chi connectivity index (χ2v) is 11.0. The quantitative estimate of drug-likeness (QED) is 0.252. The highest BCUT2D eigenvalue weighted by atomic mass is 35.5. The van der Waals surface area contributed by atoms with Crippen molar-refractivity contribution in [3.63, 3.8) is 0 Å². The molecule has 0 atom stereocenters. The van der Waals surface area contributed by atoms with Gasteiger partial charge in [0.25, 0.3) is 5.91 Å². The third kappa shape index (κ3) is 10.2. The number of unbranched alkanes of at least 4 members (excludes halogenated alkanes) is 7. The number of halogens is 1. The Morgan fingerprint density at radius 3 is 2.22 bits per heavy atom. The van der Waals surface area contributed by atoms with E-state index in [4.69, 9.17) is 11.6 Å². The first kappa shape index (κ1) is 29.7. The largest absolute Gasteiger partial charge is 0.355 e. The lowest BCUT2D eigenvalue weighted by Gasteiger charge is -2.35. The average molecular weight is 514 g/mol. The maximum Gasteiger partial charge on any atom is 0.254 e. The van der Waals surface area contributed by atoms with Gasteiger partial charge in [-0.3, -0.25) is 9.59 Å². The smallest absolute Gasteiger partial charge is 0.254 e. The van der Waals surface area contributed by atoms with Crippen LogP contribution in [0.15, 0.2) is 42.5 Å². The van der Waals surface area contributed by atoms with Crippen LogP contribution in [0.5, 0.6) is 0 Å². The zero-order chi connectivity index (χ0) is 26.6. The van der Waals surface area contributed by atoms with Crippen molar-refractivity contribution in [1.29, 1.82) is 0 Å². The van der Waals surface area contributed by atoms with Crippen LogP contribution in [-0.4, -0.2) is 35.3 Å². The summed E-state index contributed by atoms with van der Waals surface area (Å²) in [4.78, 5) is 27.8. The summed E-state index contributed by atoms with van der Waals surface area (Å²) in [5, 5.41) is 7.05. The second kappa shape index (κ2) is 14.9. The van der Waals surface area contributed by atoms with Gasteiger partial charge in [-0.15, -0.1) is 0 Å². The Kier molecular flexibility index (Phi) is 12.3. The normalized spacial score (nSPS) is 11.3. The van der Waals surface area contributed by atoms with Gasteiger partial charge in [0.2, 0.25) is 5.91 Å². The molecule has 0 radical (unpaired) electrons. The molecule has 0 aromatic heterocycles. The van der Waals surface area contributed by atoms with Gasteiger partial charge in [-0.1, -0.05) is 69.5 Å². The number of hydrogen-bond donors (Lipinski definition) is 2. The second-order valence-electron chi connectivity index (χ2n) is 10.6. The molecule has 0 saturated heterocycles. The van der Waals surface area contributed by atoms with Gasteiger partial charge < -0.3 is 15.5 Å². The van der Waals surface area contributed by atoms with Crippen molar-refractivity contribution in [2.75, 3.05) is 18.4 Å². The fourth-order valence-electron chi connectivity index (χ4n) is 4.11. The minimum Gasteiger partial charge on any atom is -0.355 e. The molecule has 0 unspecified atom stereocenters. The summed E-state index contributed by atoms with van der Waals surface area (Å²) in [6.45, 7) is 10.8. The third-order valence-corrected chi connectivity index (χ3v) is 6.52. The summed E-state index contributed by atoms with van der Waals surface area (Å²) >= 11 is 6.07. The molecule has 2 rings (SSSR count). The van der Waals surface area contributed by atoms with Crippen molar-refractivity contribution in [1.82, 2.24) is 10.2 Å². The van der Waals surface area contributed by atoms with Crippen molar-refractivity contribution in [3.8, 4) is 0 Å². The van der Waals surface area contributed by atoms with Crippen LogP contribution in [0, 0.1) is 6.92 Å². The molecule has 2 aromatic carbocycles. The number of benzene rings is 2. The molecule has 0 aliphatic heterocycles. The maximum absolute atomic E-state index is 13.5. The van der Waals surface area contributed by atoms with E-state index in [0.29, 0.717) is 17.1 Å². The molecule has 0 spiro atoms. The number of nitrogens with zero attached hydrogens (tertiary/aromatic N) is 1. The van der Waals surface area contributed by atoms with Crippen molar-refractivity contribution < 1.29 is 9.59 Å². The Balaban J connectivity index is 1.93. The topological polar surface area (TPSA) is 61.4 Å². The Hall–Kier alpha value is -2.53. The Morgan fingerprint density at radius 1 is 0.917 bits per heavy atom. The number of carbonyl (C=O) groups is 2. The van der Waals surface area contributed by atoms with Crippen LogP contribution in [0.1, 0.15) is 95.0 Å². The molecule has 6 heteroatoms. The lowest BCUT2D eigenvalue weighted by atomic mass is 10.0. The highest BCUT2D eigenvalue weighted by Gasteiger charge is 2.29. The lowest BCUT2D eigenvalue weighted by molar-refractivity contribution is -0.122. The Labute approximate surface area is 223 Å². The minimum absolute atomic E-state index is 0.0350. The van der Waals surface area contributed by atoms with E-state index in [0.717, 1.165) is 29.8 Å². The van der Waals surface area contributed by atoms with Crippen LogP contribution in [0.3, 0.4) is 0 Å². The molecule has 2 N–H and O–H groups in total. The van der Waals surface area contributed by atoms with Gasteiger partial charge in [-0.25, -0.2) is 0 Å². The predicted molar refractivity (Wildman–Crippen MR) is 152 cm³/mol. The van der Waals surface area contributed by atoms with Crippen molar-refractivity contribution in [3.05, 3.63) is 58.6 Å². The number of rotatable bonds is 14. The molecule has 0 fully saturated rings. The summed E-state index contributed by atoms with van der Waals surface area (Å²) in [6.07, 6.45) is 9.80. The monoisotopic (exact) mass is 513 g/mol. The molecular formula is C30H44ClN3O2. The number of amides is 2. The number of nitrogens with one attached hydrogen (secondary N) is 2. The first-order valence-electron chi connectivity index (χ1n) is 13.3.